The number of pyridine rings is 2. The van der Waals surface area contributed by atoms with Crippen LogP contribution in [0.3, 0.4) is 0 Å². The van der Waals surface area contributed by atoms with E-state index in [0.717, 1.165) is 6.42 Å². The van der Waals surface area contributed by atoms with Crippen molar-refractivity contribution in [2.75, 3.05) is 29.9 Å². The van der Waals surface area contributed by atoms with Gasteiger partial charge in [0.1, 0.15) is 11.6 Å². The van der Waals surface area contributed by atoms with Gasteiger partial charge in [0.2, 0.25) is 5.91 Å². The first-order chi connectivity index (χ1) is 21.0. The molecule has 2 amide bonds. The number of hydrogen-bond acceptors (Lipinski definition) is 5. The molecule has 3 aliphatic rings. The van der Waals surface area contributed by atoms with Crippen LogP contribution in [0.1, 0.15) is 81.4 Å². The molecule has 10 heteroatoms. The summed E-state index contributed by atoms with van der Waals surface area (Å²) in [6, 6.07) is 7.45. The number of fused-ring (bicyclic) bond motifs is 1. The molecule has 6 rings (SSSR count). The lowest BCUT2D eigenvalue weighted by Gasteiger charge is -2.44. The van der Waals surface area contributed by atoms with Gasteiger partial charge in [-0.25, -0.2) is 18.7 Å². The number of nitrogens with zero attached hydrogens (tertiary/aromatic N) is 4. The maximum atomic E-state index is 15.6. The lowest BCUT2D eigenvalue weighted by Crippen LogP contribution is -2.57. The van der Waals surface area contributed by atoms with Gasteiger partial charge in [0, 0.05) is 48.9 Å². The number of rotatable bonds is 5. The van der Waals surface area contributed by atoms with Crippen molar-refractivity contribution in [3.8, 4) is 0 Å². The van der Waals surface area contributed by atoms with Crippen molar-refractivity contribution in [2.45, 2.75) is 72.8 Å². The topological polar surface area (TPSA) is 78.4 Å². The molecule has 1 aliphatic carbocycles. The van der Waals surface area contributed by atoms with Gasteiger partial charge in [0.25, 0.3) is 5.91 Å². The summed E-state index contributed by atoms with van der Waals surface area (Å²) in [6.07, 6.45) is 5.06. The zero-order valence-corrected chi connectivity index (χ0v) is 27.3. The van der Waals surface area contributed by atoms with Gasteiger partial charge in [0.05, 0.1) is 16.6 Å². The molecule has 236 valence electrons. The summed E-state index contributed by atoms with van der Waals surface area (Å²) in [7, 11) is 0. The SMILES string of the molecule is CC.CCC.Cc1c(NC2CN(C(=O)C3CC3C)C2)ncc2c1[C@@](C)(c1cccc(Cl)c1F)CN(c1ncccc1F)C2=O. The minimum absolute atomic E-state index is 0.0137. The highest BCUT2D eigenvalue weighted by Crippen LogP contribution is 2.45. The summed E-state index contributed by atoms with van der Waals surface area (Å²) in [5, 5.41) is 3.37. The van der Waals surface area contributed by atoms with Crippen LogP contribution in [-0.4, -0.2) is 52.4 Å². The van der Waals surface area contributed by atoms with Crippen LogP contribution in [-0.2, 0) is 10.2 Å². The number of amides is 2. The minimum Gasteiger partial charge on any atom is -0.364 e. The van der Waals surface area contributed by atoms with Crippen molar-refractivity contribution in [1.82, 2.24) is 14.9 Å². The van der Waals surface area contributed by atoms with Crippen molar-refractivity contribution in [3.05, 3.63) is 81.6 Å². The zero-order chi connectivity index (χ0) is 32.3. The minimum atomic E-state index is -1.10. The van der Waals surface area contributed by atoms with E-state index < -0.39 is 23.0 Å². The van der Waals surface area contributed by atoms with Crippen LogP contribution in [0.25, 0.3) is 0 Å². The van der Waals surface area contributed by atoms with E-state index in [2.05, 4.69) is 36.1 Å². The molecule has 44 heavy (non-hydrogen) atoms. The Bertz CT molecular complexity index is 1530. The predicted octanol–water partition coefficient (Wildman–Crippen LogP) is 7.40. The summed E-state index contributed by atoms with van der Waals surface area (Å²) >= 11 is 6.19. The number of anilines is 2. The quantitative estimate of drug-likeness (QED) is 0.320. The summed E-state index contributed by atoms with van der Waals surface area (Å²) in [6.45, 7) is 15.1. The first-order valence-electron chi connectivity index (χ1n) is 15.4. The number of nitrogens with one attached hydrogen (secondary N) is 1. The van der Waals surface area contributed by atoms with Crippen LogP contribution < -0.4 is 10.2 Å². The summed E-state index contributed by atoms with van der Waals surface area (Å²) in [4.78, 5) is 38.0. The third kappa shape index (κ3) is 6.16. The van der Waals surface area contributed by atoms with Crippen molar-refractivity contribution >= 4 is 35.1 Å². The van der Waals surface area contributed by atoms with Crippen molar-refractivity contribution in [1.29, 1.82) is 0 Å². The molecule has 3 atom stereocenters. The van der Waals surface area contributed by atoms with Crippen LogP contribution in [0.5, 0.6) is 0 Å². The molecule has 4 heterocycles. The van der Waals surface area contributed by atoms with Gasteiger partial charge >= 0.3 is 0 Å². The number of aromatic nitrogens is 2. The number of benzene rings is 1. The van der Waals surface area contributed by atoms with Gasteiger partial charge in [0.15, 0.2) is 11.6 Å². The fraction of sp³-hybridized carbons (Fsp3) is 0.471. The van der Waals surface area contributed by atoms with Gasteiger partial charge in [-0.2, -0.15) is 0 Å². The van der Waals surface area contributed by atoms with E-state index in [1.54, 1.807) is 12.1 Å². The molecule has 7 nitrogen and oxygen atoms in total. The first-order valence-corrected chi connectivity index (χ1v) is 15.8. The molecule has 2 aromatic heterocycles. The van der Waals surface area contributed by atoms with Crippen LogP contribution in [0.2, 0.25) is 5.02 Å². The fourth-order valence-electron chi connectivity index (χ4n) is 5.98. The summed E-state index contributed by atoms with van der Waals surface area (Å²) in [5.41, 5.74) is 0.700. The van der Waals surface area contributed by atoms with Crippen LogP contribution >= 0.6 is 11.6 Å². The lowest BCUT2D eigenvalue weighted by molar-refractivity contribution is -0.136. The summed E-state index contributed by atoms with van der Waals surface area (Å²) in [5.74, 6) is -0.505. The largest absolute Gasteiger partial charge is 0.364 e. The lowest BCUT2D eigenvalue weighted by atomic mass is 9.70. The Balaban J connectivity index is 0.000000834. The molecule has 2 aliphatic heterocycles. The maximum absolute atomic E-state index is 15.6. The van der Waals surface area contributed by atoms with E-state index in [1.807, 2.05) is 32.6 Å². The molecule has 1 saturated heterocycles. The third-order valence-corrected chi connectivity index (χ3v) is 8.62. The Hall–Kier alpha value is -3.59. The van der Waals surface area contributed by atoms with E-state index >= 15 is 4.39 Å². The number of halogens is 3. The van der Waals surface area contributed by atoms with E-state index in [-0.39, 0.29) is 46.4 Å². The van der Waals surface area contributed by atoms with E-state index in [1.165, 1.54) is 41.9 Å². The number of likely N-dealkylation sites (tertiary alicyclic amines) is 1. The summed E-state index contributed by atoms with van der Waals surface area (Å²) < 4.78 is 30.4. The van der Waals surface area contributed by atoms with Crippen molar-refractivity contribution in [3.63, 3.8) is 0 Å². The molecule has 0 bridgehead atoms. The standard InChI is InChI=1S/C29H28ClF2N5O2.C3H8.C2H6/c1-15-10-18(15)27(38)36-12-17(13-36)35-25-16(2)23-19(11-34-25)28(39)37(26-22(31)8-5-9-33-26)14-29(23,3)20-6-4-7-21(30)24(20)32;1-3-2;1-2/h4-9,11,15,17-18H,10,12-14H2,1-3H3,(H,34,35);3H2,1-2H3;1-2H3/t15?,18?,29-;;/m1../s1. The molecule has 1 saturated carbocycles. The third-order valence-electron chi connectivity index (χ3n) is 8.33. The normalized spacial score (nSPS) is 22.1. The molecule has 0 radical (unpaired) electrons. The van der Waals surface area contributed by atoms with Gasteiger partial charge < -0.3 is 10.2 Å². The van der Waals surface area contributed by atoms with Crippen LogP contribution in [0.15, 0.2) is 42.7 Å². The molecule has 1 aromatic carbocycles. The predicted molar refractivity (Wildman–Crippen MR) is 171 cm³/mol. The van der Waals surface area contributed by atoms with Gasteiger partial charge in [-0.3, -0.25) is 14.5 Å². The smallest absolute Gasteiger partial charge is 0.261 e. The Morgan fingerprint density at radius 3 is 2.41 bits per heavy atom. The molecular formula is C34H42ClF2N5O2. The Morgan fingerprint density at radius 1 is 1.14 bits per heavy atom. The molecule has 2 fully saturated rings. The second-order valence-electron chi connectivity index (χ2n) is 11.8. The monoisotopic (exact) mass is 625 g/mol. The van der Waals surface area contributed by atoms with Gasteiger partial charge in [-0.05, 0) is 55.5 Å². The maximum Gasteiger partial charge on any atom is 0.261 e. The Kier molecular flexibility index (Phi) is 10.3. The van der Waals surface area contributed by atoms with E-state index in [9.17, 15) is 14.0 Å². The Labute approximate surface area is 264 Å². The Morgan fingerprint density at radius 2 is 1.80 bits per heavy atom. The molecule has 1 N–H and O–H groups in total. The van der Waals surface area contributed by atoms with Crippen LogP contribution in [0.4, 0.5) is 20.4 Å². The van der Waals surface area contributed by atoms with Crippen LogP contribution in [0, 0.1) is 30.4 Å². The number of hydrogen-bond donors (Lipinski definition) is 1. The highest BCUT2D eigenvalue weighted by atomic mass is 35.5. The second kappa shape index (κ2) is 13.6. The number of carbonyl (C=O) groups excluding carboxylic acids is 2. The zero-order valence-electron chi connectivity index (χ0n) is 26.5. The second-order valence-corrected chi connectivity index (χ2v) is 12.2. The first kappa shape index (κ1) is 33.3. The highest BCUT2D eigenvalue weighted by Gasteiger charge is 2.47. The molecule has 3 aromatic rings. The van der Waals surface area contributed by atoms with Crippen molar-refractivity contribution in [2.24, 2.45) is 11.8 Å². The van der Waals surface area contributed by atoms with Gasteiger partial charge in [-0.1, -0.05) is 64.8 Å². The molecular weight excluding hydrogens is 584 g/mol. The van der Waals surface area contributed by atoms with E-state index in [0.29, 0.717) is 36.0 Å². The fourth-order valence-corrected chi connectivity index (χ4v) is 6.16. The van der Waals surface area contributed by atoms with Crippen molar-refractivity contribution < 1.29 is 18.4 Å². The molecule has 2 unspecified atom stereocenters. The number of carbonyl (C=O) groups is 2. The van der Waals surface area contributed by atoms with Gasteiger partial charge in [-0.15, -0.1) is 0 Å². The molecule has 0 spiro atoms. The average molecular weight is 626 g/mol. The highest BCUT2D eigenvalue weighted by molar-refractivity contribution is 6.30. The van der Waals surface area contributed by atoms with E-state index in [4.69, 9.17) is 11.6 Å². The average Bonchev–Trinajstić information content (AvgIpc) is 3.72.